The Morgan fingerprint density at radius 2 is 1.71 bits per heavy atom. The lowest BCUT2D eigenvalue weighted by molar-refractivity contribution is 0.102. The number of pyridine rings is 1. The molecule has 148 valence electrons. The number of nitrogens with one attached hydrogen (secondary N) is 2. The minimum Gasteiger partial charge on any atom is -0.357 e. The molecule has 1 aliphatic heterocycles. The first kappa shape index (κ1) is 18.9. The number of anilines is 2. The number of amides is 1. The van der Waals surface area contributed by atoms with Crippen LogP contribution in [0, 0.1) is 0 Å². The van der Waals surface area contributed by atoms with E-state index in [1.165, 1.54) is 43.5 Å². The number of sulfonamides is 1. The Hall–Kier alpha value is -2.45. The molecule has 1 saturated carbocycles. The molecule has 0 unspecified atom stereocenters. The second-order valence-corrected chi connectivity index (χ2v) is 9.04. The molecule has 0 radical (unpaired) electrons. The summed E-state index contributed by atoms with van der Waals surface area (Å²) in [6.07, 6.45) is 7.04. The molecule has 1 saturated heterocycles. The third-order valence-corrected chi connectivity index (χ3v) is 6.55. The second-order valence-electron chi connectivity index (χ2n) is 7.33. The molecule has 4 rings (SSSR count). The van der Waals surface area contributed by atoms with E-state index in [4.69, 9.17) is 0 Å². The van der Waals surface area contributed by atoms with Crippen LogP contribution in [0.4, 0.5) is 11.5 Å². The molecule has 1 aliphatic carbocycles. The van der Waals surface area contributed by atoms with Gasteiger partial charge in [0, 0.05) is 24.7 Å². The highest BCUT2D eigenvalue weighted by Gasteiger charge is 2.28. The highest BCUT2D eigenvalue weighted by Crippen LogP contribution is 2.23. The maximum absolute atomic E-state index is 12.4. The zero-order chi connectivity index (χ0) is 19.6. The lowest BCUT2D eigenvalue weighted by Crippen LogP contribution is -2.30. The Balaban J connectivity index is 1.39. The predicted octanol–water partition coefficient (Wildman–Crippen LogP) is 2.76. The van der Waals surface area contributed by atoms with Crippen molar-refractivity contribution in [1.29, 1.82) is 0 Å². The number of rotatable bonds is 6. The number of hydrogen-bond acceptors (Lipinski definition) is 5. The smallest absolute Gasteiger partial charge is 0.255 e. The van der Waals surface area contributed by atoms with Crippen molar-refractivity contribution in [3.8, 4) is 0 Å². The third-order valence-electron chi connectivity index (χ3n) is 5.01. The summed E-state index contributed by atoms with van der Waals surface area (Å²) in [5.74, 6) is 0.627. The van der Waals surface area contributed by atoms with E-state index >= 15 is 0 Å². The van der Waals surface area contributed by atoms with Crippen LogP contribution in [0.3, 0.4) is 0 Å². The van der Waals surface area contributed by atoms with Crippen molar-refractivity contribution in [2.75, 3.05) is 23.3 Å². The summed E-state index contributed by atoms with van der Waals surface area (Å²) >= 11 is 0. The fraction of sp³-hybridized carbons (Fsp3) is 0.400. The van der Waals surface area contributed by atoms with Gasteiger partial charge in [-0.2, -0.15) is 0 Å². The summed E-state index contributed by atoms with van der Waals surface area (Å²) in [6.45, 7) is 2.03. The number of carbonyl (C=O) groups excluding carboxylic acids is 1. The van der Waals surface area contributed by atoms with Crippen LogP contribution in [0.2, 0.25) is 0 Å². The summed E-state index contributed by atoms with van der Waals surface area (Å²) in [5, 5.41) is 2.80. The summed E-state index contributed by atoms with van der Waals surface area (Å²) in [4.78, 5) is 19.3. The zero-order valence-corrected chi connectivity index (χ0v) is 16.4. The topological polar surface area (TPSA) is 91.4 Å². The average Bonchev–Trinajstić information content (AvgIpc) is 3.53. The van der Waals surface area contributed by atoms with Gasteiger partial charge in [-0.1, -0.05) is 0 Å². The van der Waals surface area contributed by atoms with E-state index in [0.29, 0.717) is 11.3 Å². The van der Waals surface area contributed by atoms with Gasteiger partial charge in [-0.05, 0) is 68.5 Å². The van der Waals surface area contributed by atoms with Crippen molar-refractivity contribution >= 4 is 27.4 Å². The zero-order valence-electron chi connectivity index (χ0n) is 15.6. The first-order valence-electron chi connectivity index (χ1n) is 9.66. The van der Waals surface area contributed by atoms with Crippen LogP contribution in [0.15, 0.2) is 47.5 Å². The Morgan fingerprint density at radius 3 is 2.32 bits per heavy atom. The molecule has 2 heterocycles. The molecule has 8 heteroatoms. The summed E-state index contributed by atoms with van der Waals surface area (Å²) < 4.78 is 27.0. The van der Waals surface area contributed by atoms with Gasteiger partial charge in [-0.15, -0.1) is 0 Å². The van der Waals surface area contributed by atoms with E-state index in [0.717, 1.165) is 31.7 Å². The van der Waals surface area contributed by atoms with Crippen molar-refractivity contribution in [2.45, 2.75) is 43.0 Å². The van der Waals surface area contributed by atoms with Gasteiger partial charge in [-0.3, -0.25) is 4.79 Å². The van der Waals surface area contributed by atoms with Crippen LogP contribution in [0.1, 0.15) is 42.5 Å². The van der Waals surface area contributed by atoms with Gasteiger partial charge in [0.15, 0.2) is 0 Å². The van der Waals surface area contributed by atoms with Crippen LogP contribution >= 0.6 is 0 Å². The molecule has 2 aliphatic rings. The van der Waals surface area contributed by atoms with Gasteiger partial charge in [0.1, 0.15) is 5.82 Å². The molecule has 28 heavy (non-hydrogen) atoms. The van der Waals surface area contributed by atoms with Crippen LogP contribution < -0.4 is 14.9 Å². The molecule has 2 aromatic rings. The van der Waals surface area contributed by atoms with Crippen LogP contribution in [0.5, 0.6) is 0 Å². The van der Waals surface area contributed by atoms with Gasteiger partial charge < -0.3 is 10.2 Å². The highest BCUT2D eigenvalue weighted by atomic mass is 32.2. The average molecular weight is 401 g/mol. The van der Waals surface area contributed by atoms with E-state index in [2.05, 4.69) is 19.9 Å². The van der Waals surface area contributed by atoms with Gasteiger partial charge in [0.05, 0.1) is 16.8 Å². The number of nitrogens with zero attached hydrogens (tertiary/aromatic N) is 2. The Kier molecular flexibility index (Phi) is 5.32. The molecule has 0 spiro atoms. The van der Waals surface area contributed by atoms with Gasteiger partial charge in [0.25, 0.3) is 5.91 Å². The minimum absolute atomic E-state index is 0.0494. The first-order chi connectivity index (χ1) is 13.5. The molecular formula is C20H24N4O3S. The predicted molar refractivity (Wildman–Crippen MR) is 108 cm³/mol. The van der Waals surface area contributed by atoms with Crippen molar-refractivity contribution in [1.82, 2.24) is 9.71 Å². The van der Waals surface area contributed by atoms with Crippen molar-refractivity contribution < 1.29 is 13.2 Å². The normalized spacial score (nSPS) is 17.4. The Morgan fingerprint density at radius 1 is 1.00 bits per heavy atom. The number of piperidine rings is 1. The van der Waals surface area contributed by atoms with Crippen LogP contribution in [-0.4, -0.2) is 38.4 Å². The van der Waals surface area contributed by atoms with E-state index in [1.54, 1.807) is 6.20 Å². The maximum atomic E-state index is 12.4. The van der Waals surface area contributed by atoms with Gasteiger partial charge >= 0.3 is 0 Å². The van der Waals surface area contributed by atoms with Crippen LogP contribution in [0.25, 0.3) is 0 Å². The van der Waals surface area contributed by atoms with Crippen molar-refractivity contribution in [3.63, 3.8) is 0 Å². The molecule has 1 aromatic carbocycles. The minimum atomic E-state index is -3.51. The first-order valence-corrected chi connectivity index (χ1v) is 11.1. The molecule has 1 amide bonds. The largest absolute Gasteiger partial charge is 0.357 e. The van der Waals surface area contributed by atoms with Crippen molar-refractivity contribution in [3.05, 3.63) is 48.2 Å². The summed E-state index contributed by atoms with van der Waals surface area (Å²) in [7, 11) is -3.51. The Labute approximate surface area is 165 Å². The number of hydrogen-bond donors (Lipinski definition) is 2. The molecule has 1 aromatic heterocycles. The molecule has 2 N–H and O–H groups in total. The monoisotopic (exact) mass is 400 g/mol. The molecule has 2 fully saturated rings. The highest BCUT2D eigenvalue weighted by molar-refractivity contribution is 7.89. The van der Waals surface area contributed by atoms with Crippen LogP contribution in [-0.2, 0) is 10.0 Å². The number of benzene rings is 1. The fourth-order valence-electron chi connectivity index (χ4n) is 3.25. The van der Waals surface area contributed by atoms with Gasteiger partial charge in [0.2, 0.25) is 10.0 Å². The Bertz CT molecular complexity index is 932. The standard InChI is InChI=1S/C20H24N4O3S/c25-20(15-4-9-18(10-5-15)28(26,27)23-16-6-7-16)22-17-8-11-19(21-14-17)24-12-2-1-3-13-24/h4-5,8-11,14,16,23H,1-3,6-7,12-13H2,(H,22,25). The fourth-order valence-corrected chi connectivity index (χ4v) is 4.55. The SMILES string of the molecule is O=C(Nc1ccc(N2CCCCC2)nc1)c1ccc(S(=O)(=O)NC2CC2)cc1. The lowest BCUT2D eigenvalue weighted by Gasteiger charge is -2.27. The van der Waals surface area contributed by atoms with Crippen molar-refractivity contribution in [2.24, 2.45) is 0 Å². The van der Waals surface area contributed by atoms with E-state index in [1.807, 2.05) is 12.1 Å². The van der Waals surface area contributed by atoms with E-state index in [-0.39, 0.29) is 16.8 Å². The molecular weight excluding hydrogens is 376 g/mol. The number of aromatic nitrogens is 1. The molecule has 0 bridgehead atoms. The molecule has 7 nitrogen and oxygen atoms in total. The summed E-state index contributed by atoms with van der Waals surface area (Å²) in [5.41, 5.74) is 1.00. The number of carbonyl (C=O) groups is 1. The van der Waals surface area contributed by atoms with E-state index < -0.39 is 10.0 Å². The van der Waals surface area contributed by atoms with E-state index in [9.17, 15) is 13.2 Å². The quantitative estimate of drug-likeness (QED) is 0.778. The lowest BCUT2D eigenvalue weighted by atomic mass is 10.1. The maximum Gasteiger partial charge on any atom is 0.255 e. The third kappa shape index (κ3) is 4.51. The van der Waals surface area contributed by atoms with Gasteiger partial charge in [-0.25, -0.2) is 18.1 Å². The second kappa shape index (κ2) is 7.89. The summed E-state index contributed by atoms with van der Waals surface area (Å²) in [6, 6.07) is 9.76. The molecule has 0 atom stereocenters.